The Balaban J connectivity index is 1.30. The molecule has 1 atom stereocenters. The van der Waals surface area contributed by atoms with Gasteiger partial charge in [0.15, 0.2) is 0 Å². The molecule has 0 aliphatic carbocycles. The number of carbonyl (C=O) groups is 1. The molecule has 1 fully saturated rings. The van der Waals surface area contributed by atoms with Gasteiger partial charge in [-0.3, -0.25) is 13.0 Å². The van der Waals surface area contributed by atoms with E-state index >= 15 is 0 Å². The van der Waals surface area contributed by atoms with E-state index in [1.54, 1.807) is 17.9 Å². The molecule has 1 saturated heterocycles. The Morgan fingerprint density at radius 3 is 2.38 bits per heavy atom. The van der Waals surface area contributed by atoms with E-state index in [0.717, 1.165) is 66.6 Å². The third-order valence-corrected chi connectivity index (χ3v) is 10.5. The number of fused-ring (bicyclic) bond motifs is 1. The molecule has 1 aliphatic rings. The number of hydrogen-bond donors (Lipinski definition) is 0. The Kier molecular flexibility index (Phi) is 10.7. The Bertz CT molecular complexity index is 1750. The molecule has 4 aromatic rings. The first-order chi connectivity index (χ1) is 21.4. The minimum absolute atomic E-state index is 0.0691. The van der Waals surface area contributed by atoms with E-state index < -0.39 is 16.4 Å². The lowest BCUT2D eigenvalue weighted by molar-refractivity contribution is 0.0181. The highest BCUT2D eigenvalue weighted by atomic mass is 127. The van der Waals surface area contributed by atoms with Gasteiger partial charge in [-0.15, -0.1) is 0 Å². The molecule has 1 amide bonds. The number of pyridine rings is 1. The summed E-state index contributed by atoms with van der Waals surface area (Å²) in [5.74, 6) is 2.40. The normalized spacial score (nSPS) is 14.9. The highest BCUT2D eigenvalue weighted by Crippen LogP contribution is 2.39. The minimum Gasteiger partial charge on any atom is -0.457 e. The van der Waals surface area contributed by atoms with Crippen LogP contribution < -0.4 is 10.3 Å². The lowest BCUT2D eigenvalue weighted by Gasteiger charge is -2.33. The molecular weight excluding hydrogens is 721 g/mol. The highest BCUT2D eigenvalue weighted by molar-refractivity contribution is 14.2. The minimum atomic E-state index is -1.00. The van der Waals surface area contributed by atoms with Crippen molar-refractivity contribution in [2.75, 3.05) is 19.3 Å². The zero-order valence-corrected chi connectivity index (χ0v) is 30.2. The molecule has 2 aromatic heterocycles. The zero-order chi connectivity index (χ0) is 32.3. The first kappa shape index (κ1) is 33.6. The van der Waals surface area contributed by atoms with E-state index in [2.05, 4.69) is 33.3 Å². The van der Waals surface area contributed by atoms with Crippen LogP contribution in [0.5, 0.6) is 11.5 Å². The van der Waals surface area contributed by atoms with Crippen LogP contribution in [0.1, 0.15) is 51.2 Å². The van der Waals surface area contributed by atoms with Gasteiger partial charge in [0, 0.05) is 102 Å². The van der Waals surface area contributed by atoms with Crippen LogP contribution in [-0.4, -0.2) is 48.7 Å². The van der Waals surface area contributed by atoms with Crippen molar-refractivity contribution in [3.8, 4) is 22.6 Å². The predicted octanol–water partition coefficient (Wildman–Crippen LogP) is 8.10. The average Bonchev–Trinajstić information content (AvgIpc) is 3.43. The quantitative estimate of drug-likeness (QED) is 0.161. The van der Waals surface area contributed by atoms with Gasteiger partial charge in [-0.05, 0) is 93.8 Å². The number of aryl methyl sites for hydroxylation is 2. The van der Waals surface area contributed by atoms with Crippen molar-refractivity contribution in [3.63, 3.8) is 0 Å². The molecule has 45 heavy (non-hydrogen) atoms. The largest absolute Gasteiger partial charge is 0.457 e. The highest BCUT2D eigenvalue weighted by Gasteiger charge is 2.26. The van der Waals surface area contributed by atoms with Crippen LogP contribution in [0.4, 0.5) is 4.79 Å². The van der Waals surface area contributed by atoms with Gasteiger partial charge in [0.25, 0.3) is 5.56 Å². The second-order valence-corrected chi connectivity index (χ2v) is 15.8. The number of piperidine rings is 1. The van der Waals surface area contributed by atoms with E-state index in [4.69, 9.17) is 9.47 Å². The van der Waals surface area contributed by atoms with Gasteiger partial charge in [0.1, 0.15) is 22.6 Å². The number of halogens is 1. The molecule has 5 rings (SSSR count). The van der Waals surface area contributed by atoms with Gasteiger partial charge in [0.2, 0.25) is 0 Å². The lowest BCUT2D eigenvalue weighted by atomic mass is 9.90. The summed E-state index contributed by atoms with van der Waals surface area (Å²) in [6.07, 6.45) is 9.25. The first-order valence-corrected chi connectivity index (χ1v) is 20.1. The number of hydrogen-bond acceptors (Lipinski definition) is 6. The van der Waals surface area contributed by atoms with Crippen molar-refractivity contribution in [3.05, 3.63) is 82.4 Å². The monoisotopic (exact) mass is 761 g/mol. The molecule has 1 aliphatic heterocycles. The molecule has 1 unspecified atom stereocenters. The second-order valence-electron chi connectivity index (χ2n) is 12.7. The predicted molar refractivity (Wildman–Crippen MR) is 193 cm³/mol. The number of aromatic nitrogens is 2. The molecule has 240 valence electrons. The standard InChI is InChI=1S/C34H40IN3O5S2/c1-34(2,3)43-33(40)37-17-14-24(15-18-37)7-6-23-8-11-26(12-9-23)42-30-13-10-25(22-45(5)41)20-28(30)29-21-36(4)32(39)31-27(29)16-19-38(31)44-35/h8-13,16,19-21,24H,6-7,14-15,17-18,22H2,1-5H3. The summed E-state index contributed by atoms with van der Waals surface area (Å²) in [5, 5.41) is 0.842. The third-order valence-electron chi connectivity index (χ3n) is 8.03. The molecule has 8 nitrogen and oxygen atoms in total. The molecule has 3 heterocycles. The van der Waals surface area contributed by atoms with E-state index in [-0.39, 0.29) is 11.7 Å². The van der Waals surface area contributed by atoms with Gasteiger partial charge >= 0.3 is 6.09 Å². The fourth-order valence-corrected chi connectivity index (χ4v) is 7.74. The molecule has 0 N–H and O–H groups in total. The first-order valence-electron chi connectivity index (χ1n) is 15.1. The maximum Gasteiger partial charge on any atom is 0.410 e. The summed E-state index contributed by atoms with van der Waals surface area (Å²) >= 11 is 2.17. The molecule has 0 spiro atoms. The number of benzene rings is 2. The van der Waals surface area contributed by atoms with E-state index in [9.17, 15) is 13.8 Å². The van der Waals surface area contributed by atoms with Crippen LogP contribution in [0.2, 0.25) is 0 Å². The summed E-state index contributed by atoms with van der Waals surface area (Å²) in [7, 11) is 2.21. The van der Waals surface area contributed by atoms with E-state index in [1.165, 1.54) is 14.7 Å². The smallest absolute Gasteiger partial charge is 0.410 e. The zero-order valence-electron chi connectivity index (χ0n) is 26.4. The number of likely N-dealkylation sites (tertiary alicyclic amines) is 1. The van der Waals surface area contributed by atoms with Crippen LogP contribution in [0, 0.1) is 5.92 Å². The van der Waals surface area contributed by atoms with Gasteiger partial charge in [-0.1, -0.05) is 18.2 Å². The summed E-state index contributed by atoms with van der Waals surface area (Å²) in [6.45, 7) is 7.18. The summed E-state index contributed by atoms with van der Waals surface area (Å²) in [6, 6.07) is 16.1. The van der Waals surface area contributed by atoms with Crippen LogP contribution in [-0.2, 0) is 34.8 Å². The maximum absolute atomic E-state index is 13.0. The summed E-state index contributed by atoms with van der Waals surface area (Å²) in [5.41, 5.74) is 3.98. The SMILES string of the molecule is Cn1cc(-c2cc(CS(C)=O)ccc2Oc2ccc(CCC3CCN(C(=O)OC(C)(C)C)CC3)cc2)c2ccn(SI)c2c1=O. The van der Waals surface area contributed by atoms with Gasteiger partial charge in [-0.25, -0.2) is 4.79 Å². The van der Waals surface area contributed by atoms with E-state index in [1.807, 2.05) is 78.4 Å². The Labute approximate surface area is 283 Å². The average molecular weight is 762 g/mol. The van der Waals surface area contributed by atoms with Crippen molar-refractivity contribution in [1.82, 2.24) is 13.4 Å². The number of amides is 1. The lowest BCUT2D eigenvalue weighted by Crippen LogP contribution is -2.41. The van der Waals surface area contributed by atoms with Crippen LogP contribution in [0.25, 0.3) is 22.0 Å². The van der Waals surface area contributed by atoms with E-state index in [0.29, 0.717) is 22.9 Å². The van der Waals surface area contributed by atoms with Crippen molar-refractivity contribution in [2.45, 2.75) is 57.8 Å². The molecule has 0 bridgehead atoms. The third kappa shape index (κ3) is 8.34. The number of rotatable bonds is 9. The number of carbonyl (C=O) groups excluding carboxylic acids is 1. The van der Waals surface area contributed by atoms with Crippen molar-refractivity contribution < 1.29 is 18.5 Å². The van der Waals surface area contributed by atoms with Crippen molar-refractivity contribution >= 4 is 58.1 Å². The molecule has 0 saturated carbocycles. The van der Waals surface area contributed by atoms with Gasteiger partial charge in [0.05, 0.1) is 0 Å². The van der Waals surface area contributed by atoms with Crippen molar-refractivity contribution in [2.24, 2.45) is 13.0 Å². The summed E-state index contributed by atoms with van der Waals surface area (Å²) in [4.78, 5) is 27.3. The molecule has 0 radical (unpaired) electrons. The molecule has 2 aromatic carbocycles. The molecule has 11 heteroatoms. The Morgan fingerprint density at radius 1 is 1.04 bits per heavy atom. The van der Waals surface area contributed by atoms with Crippen LogP contribution >= 0.6 is 30.3 Å². The van der Waals surface area contributed by atoms with Crippen LogP contribution in [0.15, 0.2) is 65.7 Å². The van der Waals surface area contributed by atoms with Gasteiger partial charge in [-0.2, -0.15) is 0 Å². The van der Waals surface area contributed by atoms with Crippen LogP contribution in [0.3, 0.4) is 0 Å². The summed E-state index contributed by atoms with van der Waals surface area (Å²) < 4.78 is 27.5. The Morgan fingerprint density at radius 2 is 1.73 bits per heavy atom. The van der Waals surface area contributed by atoms with Gasteiger partial charge < -0.3 is 18.9 Å². The number of ether oxygens (including phenoxy) is 2. The fraction of sp³-hybridized carbons (Fsp3) is 0.412. The Hall–Kier alpha value is -2.77. The topological polar surface area (TPSA) is 82.8 Å². The maximum atomic E-state index is 13.0. The van der Waals surface area contributed by atoms with Crippen molar-refractivity contribution in [1.29, 1.82) is 0 Å². The molecular formula is C34H40IN3O5S2. The second kappa shape index (κ2) is 14.3. The number of nitrogens with zero attached hydrogens (tertiary/aromatic N) is 3. The fourth-order valence-electron chi connectivity index (χ4n) is 5.76.